The third-order valence-electron chi connectivity index (χ3n) is 3.00. The Hall–Kier alpha value is -0.790. The Morgan fingerprint density at radius 1 is 1.43 bits per heavy atom. The fourth-order valence-corrected chi connectivity index (χ4v) is 2.14. The van der Waals surface area contributed by atoms with E-state index < -0.39 is 0 Å². The summed E-state index contributed by atoms with van der Waals surface area (Å²) >= 11 is 0. The molecule has 0 saturated heterocycles. The minimum atomic E-state index is 0.295. The Labute approximate surface area is 87.0 Å². The molecule has 80 valence electrons. The molecule has 1 aliphatic carbocycles. The van der Waals surface area contributed by atoms with Gasteiger partial charge in [-0.1, -0.05) is 25.3 Å². The smallest absolute Gasteiger partial charge is 0.225 e. The Morgan fingerprint density at radius 3 is 2.57 bits per heavy atom. The van der Waals surface area contributed by atoms with Crippen molar-refractivity contribution in [2.75, 3.05) is 13.1 Å². The van der Waals surface area contributed by atoms with Crippen molar-refractivity contribution in [3.8, 4) is 0 Å². The van der Waals surface area contributed by atoms with Gasteiger partial charge >= 0.3 is 0 Å². The summed E-state index contributed by atoms with van der Waals surface area (Å²) < 4.78 is 0. The molecule has 0 aromatic rings. The lowest BCUT2D eigenvalue weighted by molar-refractivity contribution is -0.135. The van der Waals surface area contributed by atoms with E-state index in [2.05, 4.69) is 6.58 Å². The molecular formula is C12H21NO. The highest BCUT2D eigenvalue weighted by Crippen LogP contribution is 2.25. The summed E-state index contributed by atoms with van der Waals surface area (Å²) in [5.74, 6) is 0.635. The molecule has 0 bridgehead atoms. The van der Waals surface area contributed by atoms with E-state index in [9.17, 15) is 4.79 Å². The summed E-state index contributed by atoms with van der Waals surface area (Å²) in [6.07, 6.45) is 7.74. The van der Waals surface area contributed by atoms with E-state index in [1.165, 1.54) is 19.3 Å². The van der Waals surface area contributed by atoms with Crippen LogP contribution in [-0.4, -0.2) is 23.9 Å². The van der Waals surface area contributed by atoms with E-state index in [0.29, 0.717) is 18.4 Å². The lowest BCUT2D eigenvalue weighted by atomic mass is 9.88. The number of carbonyl (C=O) groups is 1. The minimum Gasteiger partial charge on any atom is -0.339 e. The van der Waals surface area contributed by atoms with Gasteiger partial charge in [-0.15, -0.1) is 6.58 Å². The number of nitrogens with zero attached hydrogens (tertiary/aromatic N) is 1. The number of rotatable bonds is 4. The van der Waals surface area contributed by atoms with Crippen molar-refractivity contribution < 1.29 is 4.79 Å². The predicted molar refractivity (Wildman–Crippen MR) is 59.0 cm³/mol. The molecule has 0 unspecified atom stereocenters. The van der Waals surface area contributed by atoms with Gasteiger partial charge in [-0.2, -0.15) is 0 Å². The average Bonchev–Trinajstić information content (AvgIpc) is 2.26. The van der Waals surface area contributed by atoms with Crippen molar-refractivity contribution in [2.45, 2.75) is 39.0 Å². The van der Waals surface area contributed by atoms with Crippen LogP contribution in [0.1, 0.15) is 39.0 Å². The zero-order valence-corrected chi connectivity index (χ0v) is 9.17. The monoisotopic (exact) mass is 195 g/mol. The van der Waals surface area contributed by atoms with Crippen molar-refractivity contribution >= 4 is 5.91 Å². The van der Waals surface area contributed by atoms with E-state index in [1.54, 1.807) is 0 Å². The lowest BCUT2D eigenvalue weighted by Crippen LogP contribution is -2.36. The molecule has 1 aliphatic rings. The quantitative estimate of drug-likeness (QED) is 0.631. The summed E-state index contributed by atoms with van der Waals surface area (Å²) in [4.78, 5) is 13.9. The Balaban J connectivity index is 2.47. The summed E-state index contributed by atoms with van der Waals surface area (Å²) in [6.45, 7) is 7.22. The van der Waals surface area contributed by atoms with Crippen LogP contribution >= 0.6 is 0 Å². The van der Waals surface area contributed by atoms with Crippen LogP contribution in [0.3, 0.4) is 0 Å². The molecule has 0 aromatic heterocycles. The number of carbonyl (C=O) groups excluding carboxylic acids is 1. The molecule has 0 aliphatic heterocycles. The van der Waals surface area contributed by atoms with Crippen LogP contribution in [0.5, 0.6) is 0 Å². The van der Waals surface area contributed by atoms with Crippen molar-refractivity contribution in [1.29, 1.82) is 0 Å². The van der Waals surface area contributed by atoms with Crippen molar-refractivity contribution in [3.63, 3.8) is 0 Å². The standard InChI is InChI=1S/C12H21NO/c1-3-10-13(4-2)12(14)11-8-6-5-7-9-11/h3,11H,1,4-10H2,2H3. The molecule has 2 nitrogen and oxygen atoms in total. The van der Waals surface area contributed by atoms with E-state index in [4.69, 9.17) is 0 Å². The number of hydrogen-bond donors (Lipinski definition) is 0. The molecule has 1 saturated carbocycles. The first-order chi connectivity index (χ1) is 6.79. The van der Waals surface area contributed by atoms with E-state index in [1.807, 2.05) is 17.9 Å². The van der Waals surface area contributed by atoms with Gasteiger partial charge in [0.2, 0.25) is 5.91 Å². The summed E-state index contributed by atoms with van der Waals surface area (Å²) in [7, 11) is 0. The average molecular weight is 195 g/mol. The van der Waals surface area contributed by atoms with Gasteiger partial charge in [0.25, 0.3) is 0 Å². The van der Waals surface area contributed by atoms with E-state index in [0.717, 1.165) is 19.4 Å². The van der Waals surface area contributed by atoms with Gasteiger partial charge < -0.3 is 4.90 Å². The van der Waals surface area contributed by atoms with Crippen LogP contribution in [0, 0.1) is 5.92 Å². The fraction of sp³-hybridized carbons (Fsp3) is 0.750. The highest BCUT2D eigenvalue weighted by atomic mass is 16.2. The number of hydrogen-bond acceptors (Lipinski definition) is 1. The first-order valence-electron chi connectivity index (χ1n) is 5.69. The maximum Gasteiger partial charge on any atom is 0.225 e. The molecular weight excluding hydrogens is 174 g/mol. The zero-order valence-electron chi connectivity index (χ0n) is 9.17. The second-order valence-electron chi connectivity index (χ2n) is 4.00. The highest BCUT2D eigenvalue weighted by molar-refractivity contribution is 5.79. The van der Waals surface area contributed by atoms with Gasteiger partial charge in [-0.3, -0.25) is 4.79 Å². The Kier molecular flexibility index (Phi) is 4.71. The maximum atomic E-state index is 12.0. The summed E-state index contributed by atoms with van der Waals surface area (Å²) in [6, 6.07) is 0. The molecule has 14 heavy (non-hydrogen) atoms. The SMILES string of the molecule is C=CCN(CC)C(=O)C1CCCCC1. The topological polar surface area (TPSA) is 20.3 Å². The molecule has 0 heterocycles. The molecule has 0 aromatic carbocycles. The molecule has 1 amide bonds. The van der Waals surface area contributed by atoms with Crippen molar-refractivity contribution in [3.05, 3.63) is 12.7 Å². The van der Waals surface area contributed by atoms with Gasteiger partial charge in [-0.25, -0.2) is 0 Å². The summed E-state index contributed by atoms with van der Waals surface area (Å²) in [5, 5.41) is 0. The van der Waals surface area contributed by atoms with Crippen LogP contribution < -0.4 is 0 Å². The molecule has 1 fully saturated rings. The predicted octanol–water partition coefficient (Wildman–Crippen LogP) is 2.60. The maximum absolute atomic E-state index is 12.0. The second-order valence-corrected chi connectivity index (χ2v) is 4.00. The van der Waals surface area contributed by atoms with Crippen molar-refractivity contribution in [1.82, 2.24) is 4.90 Å². The number of likely N-dealkylation sites (N-methyl/N-ethyl adjacent to an activating group) is 1. The van der Waals surface area contributed by atoms with E-state index in [-0.39, 0.29) is 0 Å². The molecule has 0 spiro atoms. The Bertz CT molecular complexity index is 194. The normalized spacial score (nSPS) is 17.8. The molecule has 0 radical (unpaired) electrons. The number of amides is 1. The largest absolute Gasteiger partial charge is 0.339 e. The lowest BCUT2D eigenvalue weighted by Gasteiger charge is -2.27. The van der Waals surface area contributed by atoms with E-state index >= 15 is 0 Å². The molecule has 0 N–H and O–H groups in total. The highest BCUT2D eigenvalue weighted by Gasteiger charge is 2.24. The zero-order chi connectivity index (χ0) is 10.4. The second kappa shape index (κ2) is 5.84. The molecule has 0 atom stereocenters. The first kappa shape index (κ1) is 11.3. The first-order valence-corrected chi connectivity index (χ1v) is 5.69. The van der Waals surface area contributed by atoms with Crippen molar-refractivity contribution in [2.24, 2.45) is 5.92 Å². The van der Waals surface area contributed by atoms with Crippen LogP contribution in [0.25, 0.3) is 0 Å². The van der Waals surface area contributed by atoms with Gasteiger partial charge in [0.15, 0.2) is 0 Å². The van der Waals surface area contributed by atoms with Gasteiger partial charge in [0.05, 0.1) is 0 Å². The van der Waals surface area contributed by atoms with Gasteiger partial charge in [0.1, 0.15) is 0 Å². The Morgan fingerprint density at radius 2 is 2.07 bits per heavy atom. The third-order valence-corrected chi connectivity index (χ3v) is 3.00. The van der Waals surface area contributed by atoms with Crippen LogP contribution in [-0.2, 0) is 4.79 Å². The third kappa shape index (κ3) is 2.86. The molecule has 2 heteroatoms. The van der Waals surface area contributed by atoms with Crippen LogP contribution in [0.2, 0.25) is 0 Å². The van der Waals surface area contributed by atoms with Gasteiger partial charge in [-0.05, 0) is 19.8 Å². The van der Waals surface area contributed by atoms with Gasteiger partial charge in [0, 0.05) is 19.0 Å². The minimum absolute atomic E-state index is 0.295. The fourth-order valence-electron chi connectivity index (χ4n) is 2.14. The molecule has 1 rings (SSSR count). The van der Waals surface area contributed by atoms with Crippen LogP contribution in [0.15, 0.2) is 12.7 Å². The van der Waals surface area contributed by atoms with Crippen LogP contribution in [0.4, 0.5) is 0 Å². The summed E-state index contributed by atoms with van der Waals surface area (Å²) in [5.41, 5.74) is 0.